The third-order valence-corrected chi connectivity index (χ3v) is 2.42. The molecule has 0 amide bonds. The second-order valence-electron chi connectivity index (χ2n) is 3.47. The van der Waals surface area contributed by atoms with Gasteiger partial charge in [0.2, 0.25) is 0 Å². The highest BCUT2D eigenvalue weighted by molar-refractivity contribution is 7.80. The molecule has 0 spiro atoms. The number of hydrogen-bond acceptors (Lipinski definition) is 1. The molecule has 14 heavy (non-hydrogen) atoms. The molecule has 0 aliphatic heterocycles. The molecule has 1 radical (unpaired) electrons. The summed E-state index contributed by atoms with van der Waals surface area (Å²) in [7, 11) is 0. The minimum absolute atomic E-state index is 0.393. The maximum atomic E-state index is 7.11. The molecule has 0 saturated heterocycles. The summed E-state index contributed by atoms with van der Waals surface area (Å²) in [5.41, 5.74) is 8.51. The fourth-order valence-electron chi connectivity index (χ4n) is 1.44. The first-order valence-electron chi connectivity index (χ1n) is 5.07. The van der Waals surface area contributed by atoms with Crippen molar-refractivity contribution in [3.05, 3.63) is 35.9 Å². The predicted molar refractivity (Wildman–Crippen MR) is 64.3 cm³/mol. The van der Waals surface area contributed by atoms with E-state index in [-0.39, 0.29) is 0 Å². The van der Waals surface area contributed by atoms with Crippen molar-refractivity contribution in [2.75, 3.05) is 0 Å². The van der Waals surface area contributed by atoms with Gasteiger partial charge in [0, 0.05) is 0 Å². The van der Waals surface area contributed by atoms with Crippen molar-refractivity contribution in [2.45, 2.75) is 32.1 Å². The van der Waals surface area contributed by atoms with Gasteiger partial charge >= 0.3 is 0 Å². The molecular weight excluding hydrogens is 190 g/mol. The van der Waals surface area contributed by atoms with Crippen LogP contribution in [0, 0.1) is 0 Å². The van der Waals surface area contributed by atoms with Crippen LogP contribution in [0.15, 0.2) is 30.3 Å². The van der Waals surface area contributed by atoms with Crippen LogP contribution in [-0.4, -0.2) is 4.99 Å². The van der Waals surface area contributed by atoms with E-state index in [9.17, 15) is 0 Å². The molecule has 0 atom stereocenters. The van der Waals surface area contributed by atoms with Gasteiger partial charge in [-0.1, -0.05) is 49.0 Å². The summed E-state index contributed by atoms with van der Waals surface area (Å²) >= 11 is 4.71. The quantitative estimate of drug-likeness (QED) is 0.517. The fourth-order valence-corrected chi connectivity index (χ4v) is 1.58. The molecule has 0 bridgehead atoms. The zero-order chi connectivity index (χ0) is 10.2. The largest absolute Gasteiger partial charge is 0.294 e. The zero-order valence-corrected chi connectivity index (χ0v) is 9.15. The van der Waals surface area contributed by atoms with E-state index in [2.05, 4.69) is 24.3 Å². The van der Waals surface area contributed by atoms with Crippen molar-refractivity contribution in [3.8, 4) is 0 Å². The standard InChI is InChI=1S/C12H16NS/c13-12(14)10-6-2-5-9-11-7-3-1-4-8-11/h1,3-4,7-8,13H,2,5-6,9-10H2. The molecule has 2 heteroatoms. The first-order chi connectivity index (χ1) is 6.79. The molecular formula is C12H16NS. The molecule has 1 N–H and O–H groups in total. The molecule has 0 aliphatic carbocycles. The van der Waals surface area contributed by atoms with E-state index in [0.29, 0.717) is 4.99 Å². The first kappa shape index (κ1) is 11.2. The summed E-state index contributed by atoms with van der Waals surface area (Å²) in [5, 5.41) is 0. The lowest BCUT2D eigenvalue weighted by atomic mass is 10.1. The van der Waals surface area contributed by atoms with Crippen LogP contribution in [0.4, 0.5) is 0 Å². The first-order valence-corrected chi connectivity index (χ1v) is 5.48. The summed E-state index contributed by atoms with van der Waals surface area (Å²) in [6.45, 7) is 0. The lowest BCUT2D eigenvalue weighted by molar-refractivity contribution is 0.697. The Morgan fingerprint density at radius 2 is 1.79 bits per heavy atom. The van der Waals surface area contributed by atoms with E-state index in [4.69, 9.17) is 18.0 Å². The minimum atomic E-state index is 0.393. The summed E-state index contributed by atoms with van der Waals surface area (Å²) in [6.07, 6.45) is 5.37. The highest BCUT2D eigenvalue weighted by atomic mass is 32.1. The highest BCUT2D eigenvalue weighted by Crippen LogP contribution is 2.07. The van der Waals surface area contributed by atoms with Crippen LogP contribution in [0.3, 0.4) is 0 Å². The van der Waals surface area contributed by atoms with E-state index in [1.54, 1.807) is 0 Å². The summed E-state index contributed by atoms with van der Waals surface area (Å²) in [6, 6.07) is 10.5. The highest BCUT2D eigenvalue weighted by Gasteiger charge is 1.94. The van der Waals surface area contributed by atoms with E-state index in [0.717, 1.165) is 19.3 Å². The molecule has 1 aromatic carbocycles. The topological polar surface area (TPSA) is 23.8 Å². The summed E-state index contributed by atoms with van der Waals surface area (Å²) in [5.74, 6) is 0. The average Bonchev–Trinajstić information content (AvgIpc) is 2.18. The van der Waals surface area contributed by atoms with Crippen LogP contribution in [-0.2, 0) is 6.42 Å². The molecule has 0 heterocycles. The van der Waals surface area contributed by atoms with Crippen LogP contribution in [0.25, 0.3) is 0 Å². The lowest BCUT2D eigenvalue weighted by Crippen LogP contribution is -1.94. The van der Waals surface area contributed by atoms with Gasteiger partial charge in [-0.25, -0.2) is 0 Å². The smallest absolute Gasteiger partial charge is 0.0939 e. The van der Waals surface area contributed by atoms with Crippen LogP contribution < -0.4 is 5.73 Å². The lowest BCUT2D eigenvalue weighted by Gasteiger charge is -2.00. The van der Waals surface area contributed by atoms with Crippen molar-refractivity contribution in [2.24, 2.45) is 0 Å². The van der Waals surface area contributed by atoms with Gasteiger partial charge in [0.1, 0.15) is 0 Å². The molecule has 0 aromatic heterocycles. The van der Waals surface area contributed by atoms with Gasteiger partial charge in [-0.3, -0.25) is 5.73 Å². The van der Waals surface area contributed by atoms with E-state index in [1.807, 2.05) is 6.07 Å². The Hall–Kier alpha value is -0.890. The van der Waals surface area contributed by atoms with Gasteiger partial charge in [-0.15, -0.1) is 0 Å². The predicted octanol–water partition coefficient (Wildman–Crippen LogP) is 3.40. The third kappa shape index (κ3) is 4.97. The third-order valence-electron chi connectivity index (χ3n) is 2.21. The van der Waals surface area contributed by atoms with Crippen molar-refractivity contribution in [1.82, 2.24) is 5.73 Å². The molecule has 0 fully saturated rings. The molecule has 0 saturated carbocycles. The van der Waals surface area contributed by atoms with Gasteiger partial charge in [-0.05, 0) is 31.2 Å². The van der Waals surface area contributed by atoms with Gasteiger partial charge < -0.3 is 0 Å². The van der Waals surface area contributed by atoms with E-state index < -0.39 is 0 Å². The molecule has 1 aromatic rings. The monoisotopic (exact) mass is 206 g/mol. The SMILES string of the molecule is [NH]C(=S)CCCCCc1ccccc1. The van der Waals surface area contributed by atoms with Crippen LogP contribution in [0.2, 0.25) is 0 Å². The Balaban J connectivity index is 2.08. The Kier molecular flexibility index (Phi) is 5.23. The van der Waals surface area contributed by atoms with Crippen molar-refractivity contribution in [3.63, 3.8) is 0 Å². The van der Waals surface area contributed by atoms with Gasteiger partial charge in [0.05, 0.1) is 4.99 Å². The zero-order valence-electron chi connectivity index (χ0n) is 8.33. The van der Waals surface area contributed by atoms with Crippen LogP contribution in [0.1, 0.15) is 31.2 Å². The number of rotatable bonds is 6. The second-order valence-corrected chi connectivity index (χ2v) is 3.96. The normalized spacial score (nSPS) is 10.0. The number of benzene rings is 1. The number of hydrogen-bond donors (Lipinski definition) is 0. The Labute approximate surface area is 91.3 Å². The van der Waals surface area contributed by atoms with Crippen molar-refractivity contribution < 1.29 is 0 Å². The number of aryl methyl sites for hydroxylation is 1. The second kappa shape index (κ2) is 6.55. The number of thiocarbonyl (C=S) groups is 1. The number of nitrogens with one attached hydrogen (secondary N) is 1. The van der Waals surface area contributed by atoms with E-state index >= 15 is 0 Å². The van der Waals surface area contributed by atoms with Crippen LogP contribution >= 0.6 is 12.2 Å². The van der Waals surface area contributed by atoms with Gasteiger partial charge in [0.25, 0.3) is 0 Å². The Bertz CT molecular complexity index is 269. The molecule has 1 nitrogen and oxygen atoms in total. The maximum Gasteiger partial charge on any atom is 0.0939 e. The average molecular weight is 206 g/mol. The van der Waals surface area contributed by atoms with Gasteiger partial charge in [0.15, 0.2) is 0 Å². The van der Waals surface area contributed by atoms with Crippen LogP contribution in [0.5, 0.6) is 0 Å². The Morgan fingerprint density at radius 1 is 1.07 bits per heavy atom. The molecule has 75 valence electrons. The van der Waals surface area contributed by atoms with Gasteiger partial charge in [-0.2, -0.15) is 0 Å². The van der Waals surface area contributed by atoms with Crippen molar-refractivity contribution in [1.29, 1.82) is 0 Å². The molecule has 0 unspecified atom stereocenters. The summed E-state index contributed by atoms with van der Waals surface area (Å²) in [4.78, 5) is 0.393. The van der Waals surface area contributed by atoms with E-state index in [1.165, 1.54) is 18.4 Å². The Morgan fingerprint density at radius 3 is 2.43 bits per heavy atom. The van der Waals surface area contributed by atoms with Crippen molar-refractivity contribution >= 4 is 17.2 Å². The molecule has 0 aliphatic rings. The minimum Gasteiger partial charge on any atom is -0.294 e. The molecule has 1 rings (SSSR count). The maximum absolute atomic E-state index is 7.11. The fraction of sp³-hybridized carbons (Fsp3) is 0.417. The summed E-state index contributed by atoms with van der Waals surface area (Å²) < 4.78 is 0. The number of unbranched alkanes of at least 4 members (excludes halogenated alkanes) is 2.